The van der Waals surface area contributed by atoms with Crippen molar-refractivity contribution in [2.75, 3.05) is 39.4 Å². The quantitative estimate of drug-likeness (QED) is 0.453. The zero-order valence-corrected chi connectivity index (χ0v) is 15.8. The van der Waals surface area contributed by atoms with E-state index in [1.54, 1.807) is 21.3 Å². The lowest BCUT2D eigenvalue weighted by Crippen LogP contribution is -2.46. The van der Waals surface area contributed by atoms with Crippen molar-refractivity contribution in [2.45, 2.75) is 44.7 Å². The number of likely N-dealkylation sites (tertiary alicyclic amines) is 1. The van der Waals surface area contributed by atoms with E-state index >= 15 is 0 Å². The normalized spacial score (nSPS) is 16.8. The lowest BCUT2D eigenvalue weighted by Gasteiger charge is -2.35. The molecule has 1 rings (SSSR count). The molecule has 0 aromatic carbocycles. The van der Waals surface area contributed by atoms with Crippen molar-refractivity contribution in [3.05, 3.63) is 0 Å². The molecule has 1 aliphatic heterocycles. The first-order chi connectivity index (χ1) is 9.90. The van der Waals surface area contributed by atoms with Crippen LogP contribution in [-0.2, 0) is 18.1 Å². The second-order valence-corrected chi connectivity index (χ2v) is 10.1. The van der Waals surface area contributed by atoms with Gasteiger partial charge in [0.15, 0.2) is 0 Å². The molecule has 124 valence electrons. The summed E-state index contributed by atoms with van der Waals surface area (Å²) in [5.41, 5.74) is -0.0590. The molecule has 5 nitrogen and oxygen atoms in total. The fraction of sp³-hybridized carbons (Fsp3) is 0.929. The number of hydrogen-bond acceptors (Lipinski definition) is 5. The minimum Gasteiger partial charge on any atom is -0.377 e. The van der Waals surface area contributed by atoms with Gasteiger partial charge in [-0.15, -0.1) is 0 Å². The van der Waals surface area contributed by atoms with Crippen molar-refractivity contribution >= 4 is 26.5 Å². The zero-order valence-electron chi connectivity index (χ0n) is 13.9. The summed E-state index contributed by atoms with van der Waals surface area (Å²) in [6.45, 7) is 5.21. The lowest BCUT2D eigenvalue weighted by molar-refractivity contribution is -0.131. The number of thioether (sulfide) groups is 1. The zero-order chi connectivity index (χ0) is 15.9. The van der Waals surface area contributed by atoms with Crippen LogP contribution in [-0.4, -0.2) is 64.5 Å². The molecule has 1 amide bonds. The summed E-state index contributed by atoms with van der Waals surface area (Å²) < 4.78 is 16.2. The van der Waals surface area contributed by atoms with E-state index in [0.717, 1.165) is 36.9 Å². The Bertz CT molecular complexity index is 329. The second-order valence-electron chi connectivity index (χ2n) is 5.91. The van der Waals surface area contributed by atoms with Crippen LogP contribution in [0.1, 0.15) is 33.1 Å². The summed E-state index contributed by atoms with van der Waals surface area (Å²) in [6, 6.07) is 0.826. The SMILES string of the molecule is CO[Si](CCCSCC(C)(C)N1CCCC1=O)(OC)OC. The van der Waals surface area contributed by atoms with Gasteiger partial charge in [-0.2, -0.15) is 11.8 Å². The first-order valence-electron chi connectivity index (χ1n) is 7.44. The van der Waals surface area contributed by atoms with Crippen molar-refractivity contribution in [1.82, 2.24) is 4.90 Å². The molecule has 0 radical (unpaired) electrons. The number of carbonyl (C=O) groups excluding carboxylic acids is 1. The van der Waals surface area contributed by atoms with Crippen LogP contribution in [0.2, 0.25) is 6.04 Å². The number of carbonyl (C=O) groups is 1. The minimum atomic E-state index is -2.43. The third kappa shape index (κ3) is 5.24. The van der Waals surface area contributed by atoms with Gasteiger partial charge >= 0.3 is 8.80 Å². The molecule has 0 saturated carbocycles. The van der Waals surface area contributed by atoms with Crippen LogP contribution in [0.25, 0.3) is 0 Å². The Hall–Kier alpha value is -0.0831. The molecule has 0 spiro atoms. The Morgan fingerprint density at radius 2 is 1.86 bits per heavy atom. The molecular formula is C14H29NO4SSi. The molecule has 0 unspecified atom stereocenters. The van der Waals surface area contributed by atoms with Gasteiger partial charge < -0.3 is 18.2 Å². The molecule has 1 heterocycles. The van der Waals surface area contributed by atoms with Gasteiger partial charge in [-0.3, -0.25) is 4.79 Å². The van der Waals surface area contributed by atoms with Crippen LogP contribution in [0.5, 0.6) is 0 Å². The van der Waals surface area contributed by atoms with E-state index in [2.05, 4.69) is 13.8 Å². The number of nitrogens with zero attached hydrogens (tertiary/aromatic N) is 1. The molecule has 0 aromatic rings. The fourth-order valence-electron chi connectivity index (χ4n) is 2.64. The Kier molecular flexibility index (Phi) is 7.70. The summed E-state index contributed by atoms with van der Waals surface area (Å²) >= 11 is 1.88. The maximum atomic E-state index is 11.8. The predicted octanol–water partition coefficient (Wildman–Crippen LogP) is 2.39. The van der Waals surface area contributed by atoms with Gasteiger partial charge in [0.25, 0.3) is 0 Å². The van der Waals surface area contributed by atoms with Gasteiger partial charge in [0.2, 0.25) is 5.91 Å². The summed E-state index contributed by atoms with van der Waals surface area (Å²) in [5, 5.41) is 0. The first-order valence-corrected chi connectivity index (χ1v) is 10.5. The molecule has 0 atom stereocenters. The molecule has 0 N–H and O–H groups in total. The molecule has 0 bridgehead atoms. The third-order valence-corrected chi connectivity index (χ3v) is 8.28. The molecule has 1 saturated heterocycles. The standard InChI is InChI=1S/C14H29NO4SSi/c1-14(2,15-9-6-8-13(15)16)12-20-10-7-11-21(17-3,18-4)19-5/h6-12H2,1-5H3. The van der Waals surface area contributed by atoms with Gasteiger partial charge in [0.05, 0.1) is 0 Å². The van der Waals surface area contributed by atoms with Crippen LogP contribution < -0.4 is 0 Å². The highest BCUT2D eigenvalue weighted by atomic mass is 32.2. The van der Waals surface area contributed by atoms with Crippen molar-refractivity contribution in [1.29, 1.82) is 0 Å². The van der Waals surface area contributed by atoms with Crippen LogP contribution in [0.4, 0.5) is 0 Å². The summed E-state index contributed by atoms with van der Waals surface area (Å²) in [7, 11) is 2.51. The lowest BCUT2D eigenvalue weighted by atomic mass is 10.1. The Morgan fingerprint density at radius 1 is 1.24 bits per heavy atom. The highest BCUT2D eigenvalue weighted by molar-refractivity contribution is 7.99. The number of amides is 1. The molecular weight excluding hydrogens is 306 g/mol. The van der Waals surface area contributed by atoms with E-state index in [4.69, 9.17) is 13.3 Å². The summed E-state index contributed by atoms with van der Waals surface area (Å²) in [6.07, 6.45) is 2.70. The van der Waals surface area contributed by atoms with Crippen LogP contribution >= 0.6 is 11.8 Å². The maximum absolute atomic E-state index is 11.8. The van der Waals surface area contributed by atoms with Gasteiger partial charge in [0.1, 0.15) is 0 Å². The molecule has 1 aliphatic rings. The molecule has 7 heteroatoms. The minimum absolute atomic E-state index is 0.0590. The smallest absolute Gasteiger partial charge is 0.377 e. The third-order valence-electron chi connectivity index (χ3n) is 3.96. The average molecular weight is 336 g/mol. The van der Waals surface area contributed by atoms with E-state index in [1.807, 2.05) is 16.7 Å². The van der Waals surface area contributed by atoms with Gasteiger partial charge in [0, 0.05) is 51.6 Å². The van der Waals surface area contributed by atoms with Crippen molar-refractivity contribution < 1.29 is 18.1 Å². The fourth-order valence-corrected chi connectivity index (χ4v) is 5.76. The summed E-state index contributed by atoms with van der Waals surface area (Å²) in [5.74, 6) is 2.28. The predicted molar refractivity (Wildman–Crippen MR) is 88.6 cm³/mol. The first kappa shape index (κ1) is 19.0. The maximum Gasteiger partial charge on any atom is 0.500 e. The van der Waals surface area contributed by atoms with E-state index in [9.17, 15) is 4.79 Å². The monoisotopic (exact) mass is 335 g/mol. The Morgan fingerprint density at radius 3 is 2.33 bits per heavy atom. The highest BCUT2D eigenvalue weighted by Gasteiger charge is 2.37. The van der Waals surface area contributed by atoms with Gasteiger partial charge in [-0.1, -0.05) is 0 Å². The molecule has 1 fully saturated rings. The van der Waals surface area contributed by atoms with Crippen LogP contribution in [0.15, 0.2) is 0 Å². The Labute approximate surface area is 134 Å². The Balaban J connectivity index is 2.28. The molecule has 21 heavy (non-hydrogen) atoms. The van der Waals surface area contributed by atoms with Crippen LogP contribution in [0, 0.1) is 0 Å². The number of hydrogen-bond donors (Lipinski definition) is 0. The van der Waals surface area contributed by atoms with E-state index in [-0.39, 0.29) is 5.54 Å². The van der Waals surface area contributed by atoms with Gasteiger partial charge in [-0.25, -0.2) is 0 Å². The average Bonchev–Trinajstić information content (AvgIpc) is 2.90. The topological polar surface area (TPSA) is 48.0 Å². The van der Waals surface area contributed by atoms with Crippen molar-refractivity contribution in [2.24, 2.45) is 0 Å². The van der Waals surface area contributed by atoms with Crippen molar-refractivity contribution in [3.8, 4) is 0 Å². The van der Waals surface area contributed by atoms with E-state index in [0.29, 0.717) is 12.3 Å². The van der Waals surface area contributed by atoms with Gasteiger partial charge in [-0.05, 0) is 32.4 Å². The highest BCUT2D eigenvalue weighted by Crippen LogP contribution is 2.26. The molecule has 0 aliphatic carbocycles. The second kappa shape index (κ2) is 8.52. The van der Waals surface area contributed by atoms with E-state index < -0.39 is 8.80 Å². The molecule has 0 aromatic heterocycles. The number of rotatable bonds is 10. The van der Waals surface area contributed by atoms with Crippen molar-refractivity contribution in [3.63, 3.8) is 0 Å². The summed E-state index contributed by atoms with van der Waals surface area (Å²) in [4.78, 5) is 13.9. The van der Waals surface area contributed by atoms with Crippen LogP contribution in [0.3, 0.4) is 0 Å². The van der Waals surface area contributed by atoms with E-state index in [1.165, 1.54) is 0 Å². The largest absolute Gasteiger partial charge is 0.500 e.